The van der Waals surface area contributed by atoms with Gasteiger partial charge in [0.15, 0.2) is 0 Å². The second-order valence-corrected chi connectivity index (χ2v) is 4.77. The Morgan fingerprint density at radius 2 is 2.40 bits per heavy atom. The molecule has 0 spiro atoms. The molecule has 1 heterocycles. The molecule has 84 valence electrons. The second-order valence-electron chi connectivity index (χ2n) is 4.77. The molecule has 1 fully saturated rings. The molecule has 0 saturated heterocycles. The van der Waals surface area contributed by atoms with Crippen LogP contribution in [-0.4, -0.2) is 15.8 Å². The number of nitrogens with one attached hydrogen (secondary N) is 1. The van der Waals surface area contributed by atoms with Crippen molar-refractivity contribution in [2.45, 2.75) is 52.2 Å². The SMILES string of the molecule is CCC1CC1NCc1ccn(C(C)C)n1. The highest BCUT2D eigenvalue weighted by atomic mass is 15.3. The first-order valence-electron chi connectivity index (χ1n) is 5.98. The molecule has 1 aromatic heterocycles. The van der Waals surface area contributed by atoms with Gasteiger partial charge in [0.05, 0.1) is 5.69 Å². The van der Waals surface area contributed by atoms with Gasteiger partial charge >= 0.3 is 0 Å². The van der Waals surface area contributed by atoms with Crippen LogP contribution < -0.4 is 5.32 Å². The van der Waals surface area contributed by atoms with Gasteiger partial charge in [-0.05, 0) is 32.3 Å². The summed E-state index contributed by atoms with van der Waals surface area (Å²) in [5.41, 5.74) is 1.16. The molecule has 1 saturated carbocycles. The molecule has 1 aliphatic carbocycles. The molecule has 1 aromatic rings. The van der Waals surface area contributed by atoms with E-state index in [2.05, 4.69) is 43.4 Å². The van der Waals surface area contributed by atoms with Crippen LogP contribution in [0.5, 0.6) is 0 Å². The maximum absolute atomic E-state index is 4.51. The molecule has 3 heteroatoms. The van der Waals surface area contributed by atoms with Crippen molar-refractivity contribution in [2.75, 3.05) is 0 Å². The van der Waals surface area contributed by atoms with Crippen molar-refractivity contribution in [3.63, 3.8) is 0 Å². The highest BCUT2D eigenvalue weighted by Crippen LogP contribution is 2.33. The molecule has 0 amide bonds. The zero-order valence-electron chi connectivity index (χ0n) is 9.90. The van der Waals surface area contributed by atoms with Crippen molar-refractivity contribution in [1.82, 2.24) is 15.1 Å². The van der Waals surface area contributed by atoms with Gasteiger partial charge in [0.1, 0.15) is 0 Å². The van der Waals surface area contributed by atoms with Gasteiger partial charge < -0.3 is 5.32 Å². The van der Waals surface area contributed by atoms with Gasteiger partial charge in [-0.2, -0.15) is 5.10 Å². The Balaban J connectivity index is 1.79. The third-order valence-electron chi connectivity index (χ3n) is 3.18. The number of hydrogen-bond acceptors (Lipinski definition) is 2. The van der Waals surface area contributed by atoms with Crippen molar-refractivity contribution in [3.05, 3.63) is 18.0 Å². The standard InChI is InChI=1S/C12H21N3/c1-4-10-7-12(10)13-8-11-5-6-15(14-11)9(2)3/h5-6,9-10,12-13H,4,7-8H2,1-3H3. The van der Waals surface area contributed by atoms with E-state index in [0.717, 1.165) is 24.2 Å². The third-order valence-corrected chi connectivity index (χ3v) is 3.18. The van der Waals surface area contributed by atoms with Gasteiger partial charge in [-0.3, -0.25) is 4.68 Å². The quantitative estimate of drug-likeness (QED) is 0.803. The van der Waals surface area contributed by atoms with Crippen LogP contribution in [0.1, 0.15) is 45.3 Å². The van der Waals surface area contributed by atoms with Crippen LogP contribution in [0.25, 0.3) is 0 Å². The average molecular weight is 207 g/mol. The normalized spacial score (nSPS) is 24.8. The molecule has 0 aliphatic heterocycles. The summed E-state index contributed by atoms with van der Waals surface area (Å²) in [4.78, 5) is 0. The van der Waals surface area contributed by atoms with E-state index in [4.69, 9.17) is 0 Å². The summed E-state index contributed by atoms with van der Waals surface area (Å²) in [6, 6.07) is 3.32. The first-order chi connectivity index (χ1) is 7.20. The van der Waals surface area contributed by atoms with E-state index in [-0.39, 0.29) is 0 Å². The van der Waals surface area contributed by atoms with Crippen molar-refractivity contribution in [2.24, 2.45) is 5.92 Å². The molecule has 2 rings (SSSR count). The molecule has 0 radical (unpaired) electrons. The summed E-state index contributed by atoms with van der Waals surface area (Å²) in [5.74, 6) is 0.914. The lowest BCUT2D eigenvalue weighted by atomic mass is 10.3. The Labute approximate surface area is 91.9 Å². The van der Waals surface area contributed by atoms with Crippen molar-refractivity contribution in [1.29, 1.82) is 0 Å². The fourth-order valence-electron chi connectivity index (χ4n) is 1.94. The lowest BCUT2D eigenvalue weighted by Gasteiger charge is -2.04. The van der Waals surface area contributed by atoms with Crippen LogP contribution in [0, 0.1) is 5.92 Å². The zero-order chi connectivity index (χ0) is 10.8. The monoisotopic (exact) mass is 207 g/mol. The largest absolute Gasteiger partial charge is 0.308 e. The van der Waals surface area contributed by atoms with Crippen LogP contribution in [0.15, 0.2) is 12.3 Å². The molecular weight excluding hydrogens is 186 g/mol. The number of hydrogen-bond donors (Lipinski definition) is 1. The van der Waals surface area contributed by atoms with Crippen molar-refractivity contribution in [3.8, 4) is 0 Å². The maximum Gasteiger partial charge on any atom is 0.0762 e. The second kappa shape index (κ2) is 4.35. The topological polar surface area (TPSA) is 29.9 Å². The Hall–Kier alpha value is -0.830. The summed E-state index contributed by atoms with van der Waals surface area (Å²) in [5, 5.41) is 8.06. The Morgan fingerprint density at radius 3 is 2.93 bits per heavy atom. The van der Waals surface area contributed by atoms with Gasteiger partial charge in [0.2, 0.25) is 0 Å². The predicted octanol–water partition coefficient (Wildman–Crippen LogP) is 2.35. The van der Waals surface area contributed by atoms with E-state index >= 15 is 0 Å². The minimum atomic E-state index is 0.461. The minimum absolute atomic E-state index is 0.461. The molecule has 0 bridgehead atoms. The molecule has 2 atom stereocenters. The van der Waals surface area contributed by atoms with Crippen LogP contribution in [0.3, 0.4) is 0 Å². The Kier molecular flexibility index (Phi) is 3.10. The Morgan fingerprint density at radius 1 is 1.60 bits per heavy atom. The number of aromatic nitrogens is 2. The molecule has 0 aromatic carbocycles. The summed E-state index contributed by atoms with van der Waals surface area (Å²) < 4.78 is 2.02. The summed E-state index contributed by atoms with van der Waals surface area (Å²) in [7, 11) is 0. The summed E-state index contributed by atoms with van der Waals surface area (Å²) >= 11 is 0. The number of nitrogens with zero attached hydrogens (tertiary/aromatic N) is 2. The molecule has 15 heavy (non-hydrogen) atoms. The first kappa shape index (κ1) is 10.7. The van der Waals surface area contributed by atoms with Crippen molar-refractivity contribution >= 4 is 0 Å². The highest BCUT2D eigenvalue weighted by Gasteiger charge is 2.34. The van der Waals surface area contributed by atoms with E-state index in [0.29, 0.717) is 6.04 Å². The fourth-order valence-corrected chi connectivity index (χ4v) is 1.94. The van der Waals surface area contributed by atoms with E-state index in [1.54, 1.807) is 0 Å². The average Bonchev–Trinajstić information content (AvgIpc) is 2.81. The Bertz CT molecular complexity index is 316. The van der Waals surface area contributed by atoms with E-state index in [1.165, 1.54) is 12.8 Å². The lowest BCUT2D eigenvalue weighted by Crippen LogP contribution is -2.18. The molecule has 1 N–H and O–H groups in total. The molecule has 1 aliphatic rings. The van der Waals surface area contributed by atoms with E-state index in [1.807, 2.05) is 4.68 Å². The van der Waals surface area contributed by atoms with Gasteiger partial charge in [0.25, 0.3) is 0 Å². The van der Waals surface area contributed by atoms with Crippen LogP contribution >= 0.6 is 0 Å². The van der Waals surface area contributed by atoms with Gasteiger partial charge in [-0.15, -0.1) is 0 Å². The third kappa shape index (κ3) is 2.59. The van der Waals surface area contributed by atoms with Crippen LogP contribution in [0.4, 0.5) is 0 Å². The van der Waals surface area contributed by atoms with Gasteiger partial charge in [0, 0.05) is 24.8 Å². The smallest absolute Gasteiger partial charge is 0.0762 e. The summed E-state index contributed by atoms with van der Waals surface area (Å²) in [6.07, 6.45) is 4.71. The van der Waals surface area contributed by atoms with E-state index < -0.39 is 0 Å². The molecule has 2 unspecified atom stereocenters. The minimum Gasteiger partial charge on any atom is -0.308 e. The first-order valence-corrected chi connectivity index (χ1v) is 5.98. The van der Waals surface area contributed by atoms with Gasteiger partial charge in [-0.25, -0.2) is 0 Å². The maximum atomic E-state index is 4.51. The van der Waals surface area contributed by atoms with E-state index in [9.17, 15) is 0 Å². The van der Waals surface area contributed by atoms with Crippen molar-refractivity contribution < 1.29 is 0 Å². The summed E-state index contributed by atoms with van der Waals surface area (Å²) in [6.45, 7) is 7.48. The van der Waals surface area contributed by atoms with Crippen LogP contribution in [0.2, 0.25) is 0 Å². The molecule has 3 nitrogen and oxygen atoms in total. The van der Waals surface area contributed by atoms with Gasteiger partial charge in [-0.1, -0.05) is 13.3 Å². The molecular formula is C12H21N3. The fraction of sp³-hybridized carbons (Fsp3) is 0.750. The van der Waals surface area contributed by atoms with Crippen LogP contribution in [-0.2, 0) is 6.54 Å². The number of rotatable bonds is 5. The highest BCUT2D eigenvalue weighted by molar-refractivity contribution is 5.01. The zero-order valence-corrected chi connectivity index (χ0v) is 9.90. The predicted molar refractivity (Wildman–Crippen MR) is 61.6 cm³/mol. The lowest BCUT2D eigenvalue weighted by molar-refractivity contribution is 0.519.